The average Bonchev–Trinajstić information content (AvgIpc) is 2.83. The smallest absolute Gasteiger partial charge is 0.252 e. The van der Waals surface area contributed by atoms with E-state index in [1.54, 1.807) is 45.0 Å². The van der Waals surface area contributed by atoms with Crippen LogP contribution in [0, 0.1) is 0 Å². The molecule has 1 unspecified atom stereocenters. The predicted molar refractivity (Wildman–Crippen MR) is 73.3 cm³/mol. The van der Waals surface area contributed by atoms with E-state index >= 15 is 0 Å². The minimum atomic E-state index is -0.905. The van der Waals surface area contributed by atoms with E-state index in [0.29, 0.717) is 18.8 Å². The second-order valence-corrected chi connectivity index (χ2v) is 5.42. The van der Waals surface area contributed by atoms with E-state index in [0.717, 1.165) is 0 Å². The molecule has 1 aliphatic heterocycles. The topological polar surface area (TPSA) is 76.5 Å². The number of ether oxygens (including phenoxy) is 1. The van der Waals surface area contributed by atoms with Crippen molar-refractivity contribution in [3.05, 3.63) is 12.4 Å². The molecule has 2 heterocycles. The molecule has 1 atom stereocenters. The molecule has 0 saturated carbocycles. The number of anilines is 1. The van der Waals surface area contributed by atoms with Crippen molar-refractivity contribution in [1.29, 1.82) is 0 Å². The molecule has 1 aromatic rings. The Hall–Kier alpha value is -1.89. The van der Waals surface area contributed by atoms with Crippen molar-refractivity contribution < 1.29 is 14.3 Å². The highest BCUT2D eigenvalue weighted by Crippen LogP contribution is 2.24. The molecule has 1 fully saturated rings. The summed E-state index contributed by atoms with van der Waals surface area (Å²) in [5.74, 6) is -0.310. The standard InChI is InChI=1S/C13H20N4O3/c1-9-11(18)15-13(2,3)12(19)17(9)10-7-14-16(8-10)5-6-20-4/h7-9H,5-6H2,1-4H3,(H,15,18). The van der Waals surface area contributed by atoms with Gasteiger partial charge in [-0.05, 0) is 20.8 Å². The normalized spacial score (nSPS) is 22.0. The van der Waals surface area contributed by atoms with Crippen LogP contribution in [0.3, 0.4) is 0 Å². The maximum Gasteiger partial charge on any atom is 0.252 e. The summed E-state index contributed by atoms with van der Waals surface area (Å²) >= 11 is 0. The van der Waals surface area contributed by atoms with Crippen molar-refractivity contribution >= 4 is 17.5 Å². The van der Waals surface area contributed by atoms with Gasteiger partial charge in [-0.2, -0.15) is 5.10 Å². The van der Waals surface area contributed by atoms with Crippen LogP contribution in [-0.2, 0) is 20.9 Å². The molecule has 7 heteroatoms. The summed E-state index contributed by atoms with van der Waals surface area (Å²) in [4.78, 5) is 25.9. The fraction of sp³-hybridized carbons (Fsp3) is 0.615. The van der Waals surface area contributed by atoms with Crippen molar-refractivity contribution in [2.75, 3.05) is 18.6 Å². The zero-order valence-electron chi connectivity index (χ0n) is 12.2. The first-order valence-corrected chi connectivity index (χ1v) is 6.54. The van der Waals surface area contributed by atoms with Gasteiger partial charge >= 0.3 is 0 Å². The second kappa shape index (κ2) is 5.24. The molecule has 0 radical (unpaired) electrons. The van der Waals surface area contributed by atoms with E-state index in [1.165, 1.54) is 4.90 Å². The van der Waals surface area contributed by atoms with Crippen LogP contribution in [0.1, 0.15) is 20.8 Å². The first kappa shape index (κ1) is 14.5. The number of nitrogens with zero attached hydrogens (tertiary/aromatic N) is 3. The van der Waals surface area contributed by atoms with Crippen molar-refractivity contribution in [3.63, 3.8) is 0 Å². The lowest BCUT2D eigenvalue weighted by Gasteiger charge is -2.40. The van der Waals surface area contributed by atoms with Crippen LogP contribution in [-0.4, -0.2) is 46.9 Å². The number of rotatable bonds is 4. The van der Waals surface area contributed by atoms with Gasteiger partial charge < -0.3 is 10.1 Å². The SMILES string of the molecule is COCCn1cc(N2C(=O)C(C)(C)NC(=O)C2C)cn1. The van der Waals surface area contributed by atoms with E-state index in [2.05, 4.69) is 10.4 Å². The summed E-state index contributed by atoms with van der Waals surface area (Å²) in [6, 6.07) is -0.546. The highest BCUT2D eigenvalue weighted by molar-refractivity contribution is 6.10. The summed E-state index contributed by atoms with van der Waals surface area (Å²) in [6.07, 6.45) is 3.35. The number of aromatic nitrogens is 2. The molecule has 2 rings (SSSR count). The van der Waals surface area contributed by atoms with Crippen molar-refractivity contribution in [2.24, 2.45) is 0 Å². The third kappa shape index (κ3) is 2.53. The van der Waals surface area contributed by atoms with Crippen LogP contribution in [0.2, 0.25) is 0 Å². The molecule has 0 aromatic carbocycles. The Bertz CT molecular complexity index is 523. The van der Waals surface area contributed by atoms with Gasteiger partial charge in [-0.1, -0.05) is 0 Å². The Kier molecular flexibility index (Phi) is 3.80. The lowest BCUT2D eigenvalue weighted by Crippen LogP contribution is -2.67. The van der Waals surface area contributed by atoms with Gasteiger partial charge in [-0.15, -0.1) is 0 Å². The van der Waals surface area contributed by atoms with Gasteiger partial charge in [0.15, 0.2) is 0 Å². The van der Waals surface area contributed by atoms with Crippen molar-refractivity contribution in [1.82, 2.24) is 15.1 Å². The molecule has 1 aliphatic rings. The van der Waals surface area contributed by atoms with E-state index in [1.807, 2.05) is 0 Å². The number of carbonyl (C=O) groups excluding carboxylic acids is 2. The minimum absolute atomic E-state index is 0.143. The maximum absolute atomic E-state index is 12.5. The molecule has 1 N–H and O–H groups in total. The Labute approximate surface area is 117 Å². The first-order valence-electron chi connectivity index (χ1n) is 6.54. The van der Waals surface area contributed by atoms with Crippen LogP contribution < -0.4 is 10.2 Å². The Balaban J connectivity index is 2.26. The molecular formula is C13H20N4O3. The molecule has 0 aliphatic carbocycles. The molecule has 110 valence electrons. The van der Waals surface area contributed by atoms with Crippen LogP contribution in [0.15, 0.2) is 12.4 Å². The zero-order valence-corrected chi connectivity index (χ0v) is 12.2. The zero-order chi connectivity index (χ0) is 14.9. The monoisotopic (exact) mass is 280 g/mol. The van der Waals surface area contributed by atoms with E-state index in [4.69, 9.17) is 4.74 Å². The van der Waals surface area contributed by atoms with Gasteiger partial charge in [0, 0.05) is 13.3 Å². The molecule has 0 bridgehead atoms. The number of hydrogen-bond acceptors (Lipinski definition) is 4. The van der Waals surface area contributed by atoms with E-state index < -0.39 is 11.6 Å². The molecule has 2 amide bonds. The Morgan fingerprint density at radius 2 is 2.15 bits per heavy atom. The van der Waals surface area contributed by atoms with Crippen LogP contribution >= 0.6 is 0 Å². The van der Waals surface area contributed by atoms with E-state index in [9.17, 15) is 9.59 Å². The van der Waals surface area contributed by atoms with Crippen LogP contribution in [0.25, 0.3) is 0 Å². The molecule has 7 nitrogen and oxygen atoms in total. The van der Waals surface area contributed by atoms with Gasteiger partial charge in [-0.3, -0.25) is 19.2 Å². The predicted octanol–water partition coefficient (Wildman–Crippen LogP) is 0.159. The molecule has 1 aromatic heterocycles. The number of piperazine rings is 1. The number of methoxy groups -OCH3 is 1. The largest absolute Gasteiger partial charge is 0.383 e. The molecule has 0 spiro atoms. The molecule has 20 heavy (non-hydrogen) atoms. The average molecular weight is 280 g/mol. The fourth-order valence-corrected chi connectivity index (χ4v) is 2.19. The molecule has 1 saturated heterocycles. The Morgan fingerprint density at radius 1 is 1.45 bits per heavy atom. The summed E-state index contributed by atoms with van der Waals surface area (Å²) in [5.41, 5.74) is -0.278. The van der Waals surface area contributed by atoms with E-state index in [-0.39, 0.29) is 11.8 Å². The van der Waals surface area contributed by atoms with Gasteiger partial charge in [0.05, 0.1) is 25.0 Å². The number of amides is 2. The fourth-order valence-electron chi connectivity index (χ4n) is 2.19. The quantitative estimate of drug-likeness (QED) is 0.852. The lowest BCUT2D eigenvalue weighted by molar-refractivity contribution is -0.136. The lowest BCUT2D eigenvalue weighted by atomic mass is 9.97. The molecular weight excluding hydrogens is 260 g/mol. The van der Waals surface area contributed by atoms with Crippen molar-refractivity contribution in [3.8, 4) is 0 Å². The number of hydrogen-bond donors (Lipinski definition) is 1. The van der Waals surface area contributed by atoms with Gasteiger partial charge in [0.25, 0.3) is 5.91 Å². The Morgan fingerprint density at radius 3 is 2.80 bits per heavy atom. The van der Waals surface area contributed by atoms with Crippen molar-refractivity contribution in [2.45, 2.75) is 38.9 Å². The summed E-state index contributed by atoms with van der Waals surface area (Å²) in [7, 11) is 1.62. The highest BCUT2D eigenvalue weighted by Gasteiger charge is 2.44. The van der Waals surface area contributed by atoms with Gasteiger partial charge in [0.2, 0.25) is 5.91 Å². The summed E-state index contributed by atoms with van der Waals surface area (Å²) in [6.45, 7) is 6.23. The summed E-state index contributed by atoms with van der Waals surface area (Å²) in [5, 5.41) is 6.90. The third-order valence-electron chi connectivity index (χ3n) is 3.38. The van der Waals surface area contributed by atoms with Crippen LogP contribution in [0.5, 0.6) is 0 Å². The van der Waals surface area contributed by atoms with Gasteiger partial charge in [-0.25, -0.2) is 0 Å². The summed E-state index contributed by atoms with van der Waals surface area (Å²) < 4.78 is 6.68. The maximum atomic E-state index is 12.5. The highest BCUT2D eigenvalue weighted by atomic mass is 16.5. The third-order valence-corrected chi connectivity index (χ3v) is 3.38. The van der Waals surface area contributed by atoms with Gasteiger partial charge in [0.1, 0.15) is 11.6 Å². The number of carbonyl (C=O) groups is 2. The minimum Gasteiger partial charge on any atom is -0.383 e. The van der Waals surface area contributed by atoms with Crippen LogP contribution in [0.4, 0.5) is 5.69 Å². The second-order valence-electron chi connectivity index (χ2n) is 5.42. The first-order chi connectivity index (χ1) is 9.36. The number of nitrogens with one attached hydrogen (secondary N) is 1.